The molecule has 3 aromatic carbocycles. The molecule has 0 aliphatic rings. The number of carbonyl (C=O) groups excluding carboxylic acids is 1. The van der Waals surface area contributed by atoms with E-state index in [2.05, 4.69) is 10.1 Å². The Morgan fingerprint density at radius 3 is 2.28 bits per heavy atom. The predicted octanol–water partition coefficient (Wildman–Crippen LogP) is 6.17. The normalized spacial score (nSPS) is 12.3. The monoisotopic (exact) mass is 545 g/mol. The molecular formula is C27H17F6N3O3. The number of nitrogens with one attached hydrogen (secondary N) is 1. The van der Waals surface area contributed by atoms with Crippen LogP contribution in [0.3, 0.4) is 0 Å². The first kappa shape index (κ1) is 26.0. The maximum absolute atomic E-state index is 14.0. The van der Waals surface area contributed by atoms with Crippen molar-refractivity contribution in [3.63, 3.8) is 0 Å². The Labute approximate surface area is 215 Å². The summed E-state index contributed by atoms with van der Waals surface area (Å²) < 4.78 is 86.0. The number of benzene rings is 3. The molecule has 6 nitrogen and oxygen atoms in total. The second kappa shape index (κ2) is 9.61. The van der Waals surface area contributed by atoms with Gasteiger partial charge in [0, 0.05) is 6.07 Å². The number of halogens is 6. The largest absolute Gasteiger partial charge is 0.459 e. The van der Waals surface area contributed by atoms with E-state index >= 15 is 0 Å². The number of ether oxygens (including phenoxy) is 1. The van der Waals surface area contributed by atoms with E-state index < -0.39 is 41.7 Å². The van der Waals surface area contributed by atoms with Crippen molar-refractivity contribution in [1.29, 1.82) is 0 Å². The fourth-order valence-electron chi connectivity index (χ4n) is 4.25. The average molecular weight is 545 g/mol. The molecule has 0 unspecified atom stereocenters. The van der Waals surface area contributed by atoms with Crippen molar-refractivity contribution in [2.75, 3.05) is 0 Å². The molecule has 0 aliphatic carbocycles. The van der Waals surface area contributed by atoms with Crippen molar-refractivity contribution in [2.45, 2.75) is 25.4 Å². The van der Waals surface area contributed by atoms with Gasteiger partial charge in [-0.3, -0.25) is 9.59 Å². The van der Waals surface area contributed by atoms with Gasteiger partial charge in [0.2, 0.25) is 0 Å². The van der Waals surface area contributed by atoms with Crippen molar-refractivity contribution in [3.8, 4) is 11.1 Å². The van der Waals surface area contributed by atoms with Gasteiger partial charge in [0.1, 0.15) is 12.3 Å². The van der Waals surface area contributed by atoms with E-state index in [4.69, 9.17) is 4.74 Å². The lowest BCUT2D eigenvalue weighted by Gasteiger charge is -2.10. The minimum absolute atomic E-state index is 0.00313. The Balaban J connectivity index is 1.48. The molecule has 0 aliphatic heterocycles. The Morgan fingerprint density at radius 2 is 1.59 bits per heavy atom. The summed E-state index contributed by atoms with van der Waals surface area (Å²) in [5.74, 6) is -0.811. The molecule has 0 fully saturated rings. The second-order valence-corrected chi connectivity index (χ2v) is 8.67. The molecule has 0 saturated carbocycles. The van der Waals surface area contributed by atoms with Crippen LogP contribution in [-0.4, -0.2) is 20.6 Å². The molecule has 0 spiro atoms. The lowest BCUT2D eigenvalue weighted by molar-refractivity contribution is -0.144. The molecule has 0 atom stereocenters. The van der Waals surface area contributed by atoms with Crippen molar-refractivity contribution in [2.24, 2.45) is 0 Å². The van der Waals surface area contributed by atoms with Crippen LogP contribution in [0, 0.1) is 0 Å². The van der Waals surface area contributed by atoms with Gasteiger partial charge in [-0.1, -0.05) is 54.6 Å². The van der Waals surface area contributed by atoms with Gasteiger partial charge in [-0.15, -0.1) is 0 Å². The SMILES string of the molecule is O=C(Cc1ccc(C(F)(F)F)cc1)OCc1cc(=O)n2nc(C(F)(F)F)c(-c3cccc4ccccc34)c2[nH]1. The number of aromatic nitrogens is 3. The van der Waals surface area contributed by atoms with Crippen LogP contribution < -0.4 is 5.56 Å². The molecule has 39 heavy (non-hydrogen) atoms. The smallest absolute Gasteiger partial charge is 0.435 e. The summed E-state index contributed by atoms with van der Waals surface area (Å²) in [6, 6.07) is 16.5. The highest BCUT2D eigenvalue weighted by molar-refractivity contribution is 6.00. The van der Waals surface area contributed by atoms with Gasteiger partial charge in [-0.25, -0.2) is 0 Å². The van der Waals surface area contributed by atoms with Gasteiger partial charge in [0.25, 0.3) is 5.56 Å². The molecule has 200 valence electrons. The van der Waals surface area contributed by atoms with E-state index in [0.717, 1.165) is 30.3 Å². The first-order valence-electron chi connectivity index (χ1n) is 11.4. The summed E-state index contributed by atoms with van der Waals surface area (Å²) in [6.07, 6.45) is -9.75. The number of rotatable bonds is 5. The molecule has 0 bridgehead atoms. The van der Waals surface area contributed by atoms with E-state index in [-0.39, 0.29) is 34.5 Å². The second-order valence-electron chi connectivity index (χ2n) is 8.67. The van der Waals surface area contributed by atoms with Gasteiger partial charge in [-0.2, -0.15) is 36.0 Å². The summed E-state index contributed by atoms with van der Waals surface area (Å²) in [7, 11) is 0. The highest BCUT2D eigenvalue weighted by Gasteiger charge is 2.39. The van der Waals surface area contributed by atoms with E-state index in [1.807, 2.05) is 0 Å². The third-order valence-corrected chi connectivity index (χ3v) is 6.02. The zero-order valence-electron chi connectivity index (χ0n) is 19.7. The number of hydrogen-bond donors (Lipinski definition) is 1. The zero-order valence-corrected chi connectivity index (χ0v) is 19.7. The standard InChI is InChI=1S/C27H17F6N3O3/c28-26(29,30)17-10-8-15(9-11-17)12-22(38)39-14-18-13-21(37)36-25(34-18)23(24(35-36)27(31,32)33)20-7-3-5-16-4-1-2-6-19(16)20/h1-11,13,34H,12,14H2. The molecule has 12 heteroatoms. The van der Waals surface area contributed by atoms with Gasteiger partial charge in [0.05, 0.1) is 23.2 Å². The third-order valence-electron chi connectivity index (χ3n) is 6.02. The molecule has 1 N–H and O–H groups in total. The Morgan fingerprint density at radius 1 is 0.897 bits per heavy atom. The maximum atomic E-state index is 14.0. The minimum atomic E-state index is -4.88. The van der Waals surface area contributed by atoms with Gasteiger partial charge >= 0.3 is 18.3 Å². The lowest BCUT2D eigenvalue weighted by Crippen LogP contribution is -2.18. The van der Waals surface area contributed by atoms with Crippen molar-refractivity contribution in [3.05, 3.63) is 106 Å². The third kappa shape index (κ3) is 5.22. The fraction of sp³-hybridized carbons (Fsp3) is 0.148. The predicted molar refractivity (Wildman–Crippen MR) is 129 cm³/mol. The Bertz CT molecular complexity index is 1750. The highest BCUT2D eigenvalue weighted by atomic mass is 19.4. The van der Waals surface area contributed by atoms with Gasteiger partial charge in [0.15, 0.2) is 5.69 Å². The summed E-state index contributed by atoms with van der Waals surface area (Å²) >= 11 is 0. The average Bonchev–Trinajstić information content (AvgIpc) is 3.27. The van der Waals surface area contributed by atoms with Crippen LogP contribution in [0.4, 0.5) is 26.3 Å². The molecule has 2 heterocycles. The first-order chi connectivity index (χ1) is 18.4. The number of esters is 1. The summed E-state index contributed by atoms with van der Waals surface area (Å²) in [6.45, 7) is -0.493. The van der Waals surface area contributed by atoms with Crippen molar-refractivity contribution < 1.29 is 35.9 Å². The molecule has 0 saturated heterocycles. The summed E-state index contributed by atoms with van der Waals surface area (Å²) in [4.78, 5) is 27.7. The number of fused-ring (bicyclic) bond motifs is 2. The number of H-pyrrole nitrogens is 1. The van der Waals surface area contributed by atoms with Crippen LogP contribution in [0.1, 0.15) is 22.5 Å². The summed E-state index contributed by atoms with van der Waals surface area (Å²) in [5, 5.41) is 4.73. The first-order valence-corrected chi connectivity index (χ1v) is 11.4. The summed E-state index contributed by atoms with van der Waals surface area (Å²) in [5.41, 5.74) is -3.12. The zero-order chi connectivity index (χ0) is 27.9. The Kier molecular flexibility index (Phi) is 6.41. The quantitative estimate of drug-likeness (QED) is 0.212. The molecule has 5 rings (SSSR count). The molecule has 0 amide bonds. The maximum Gasteiger partial charge on any atom is 0.435 e. The topological polar surface area (TPSA) is 76.5 Å². The number of hydrogen-bond acceptors (Lipinski definition) is 4. The van der Waals surface area contributed by atoms with Crippen LogP contribution >= 0.6 is 0 Å². The van der Waals surface area contributed by atoms with E-state index in [1.165, 1.54) is 6.07 Å². The van der Waals surface area contributed by atoms with Crippen molar-refractivity contribution >= 4 is 22.4 Å². The minimum Gasteiger partial charge on any atom is -0.459 e. The van der Waals surface area contributed by atoms with Crippen molar-refractivity contribution in [1.82, 2.24) is 14.6 Å². The van der Waals surface area contributed by atoms with Gasteiger partial charge in [-0.05, 0) is 34.0 Å². The van der Waals surface area contributed by atoms with Crippen LogP contribution in [-0.2, 0) is 34.9 Å². The highest BCUT2D eigenvalue weighted by Crippen LogP contribution is 2.40. The van der Waals surface area contributed by atoms with Crippen LogP contribution in [0.2, 0.25) is 0 Å². The molecule has 5 aromatic rings. The van der Waals surface area contributed by atoms with Gasteiger partial charge < -0.3 is 9.72 Å². The molecule has 0 radical (unpaired) electrons. The van der Waals surface area contributed by atoms with E-state index in [1.54, 1.807) is 36.4 Å². The molecule has 2 aromatic heterocycles. The fourth-order valence-corrected chi connectivity index (χ4v) is 4.25. The Hall–Kier alpha value is -4.61. The van der Waals surface area contributed by atoms with Crippen LogP contribution in [0.15, 0.2) is 77.6 Å². The number of nitrogens with zero attached hydrogens (tertiary/aromatic N) is 2. The lowest BCUT2D eigenvalue weighted by atomic mass is 9.98. The van der Waals surface area contributed by atoms with Crippen LogP contribution in [0.25, 0.3) is 27.5 Å². The molecular weight excluding hydrogens is 528 g/mol. The number of carbonyl (C=O) groups is 1. The van der Waals surface area contributed by atoms with E-state index in [9.17, 15) is 35.9 Å². The number of alkyl halides is 6. The number of aromatic amines is 1. The van der Waals surface area contributed by atoms with Crippen LogP contribution in [0.5, 0.6) is 0 Å². The van der Waals surface area contributed by atoms with E-state index in [0.29, 0.717) is 15.3 Å².